The largest absolute Gasteiger partial charge is 0.451 e. The van der Waals surface area contributed by atoms with Crippen LogP contribution >= 0.6 is 11.3 Å². The summed E-state index contributed by atoms with van der Waals surface area (Å²) < 4.78 is 5.62. The van der Waals surface area contributed by atoms with E-state index in [1.807, 2.05) is 42.6 Å². The highest BCUT2D eigenvalue weighted by atomic mass is 32.1. The van der Waals surface area contributed by atoms with Gasteiger partial charge in [-0.05, 0) is 37.3 Å². The number of thiazole rings is 1. The minimum Gasteiger partial charge on any atom is -0.451 e. The molecule has 1 N–H and O–H groups in total. The molecule has 0 spiro atoms. The van der Waals surface area contributed by atoms with Crippen LogP contribution in [0.15, 0.2) is 58.6 Å². The van der Waals surface area contributed by atoms with Crippen molar-refractivity contribution >= 4 is 28.2 Å². The van der Waals surface area contributed by atoms with Gasteiger partial charge >= 0.3 is 0 Å². The number of nitrogens with one attached hydrogen (secondary N) is 1. The molecule has 26 heavy (non-hydrogen) atoms. The molecule has 4 rings (SSSR count). The average molecular weight is 363 g/mol. The van der Waals surface area contributed by atoms with Crippen LogP contribution in [0.25, 0.3) is 22.2 Å². The standard InChI is InChI=1S/C20H17N3O2S/c1-13-2-3-17-15(10-13)11-18(25-17)20(24)22-9-6-19-23-16(12-26-19)14-4-7-21-8-5-14/h2-5,7-8,10-12H,6,9H2,1H3,(H,22,24). The Hall–Kier alpha value is -2.99. The molecular weight excluding hydrogens is 346 g/mol. The summed E-state index contributed by atoms with van der Waals surface area (Å²) in [6, 6.07) is 11.5. The molecule has 4 aromatic rings. The van der Waals surface area contributed by atoms with Gasteiger partial charge in [-0.3, -0.25) is 9.78 Å². The molecule has 3 heterocycles. The van der Waals surface area contributed by atoms with E-state index < -0.39 is 0 Å². The number of carbonyl (C=O) groups excluding carboxylic acids is 1. The highest BCUT2D eigenvalue weighted by Gasteiger charge is 2.12. The van der Waals surface area contributed by atoms with Gasteiger partial charge in [0.05, 0.1) is 10.7 Å². The second kappa shape index (κ2) is 7.09. The number of furan rings is 1. The summed E-state index contributed by atoms with van der Waals surface area (Å²) in [4.78, 5) is 20.9. The molecule has 0 bridgehead atoms. The molecule has 0 aliphatic heterocycles. The second-order valence-corrected chi connectivity index (χ2v) is 6.96. The maximum absolute atomic E-state index is 12.3. The molecule has 0 fully saturated rings. The van der Waals surface area contributed by atoms with Crippen molar-refractivity contribution in [3.63, 3.8) is 0 Å². The lowest BCUT2D eigenvalue weighted by atomic mass is 10.2. The van der Waals surface area contributed by atoms with E-state index >= 15 is 0 Å². The van der Waals surface area contributed by atoms with E-state index in [1.165, 1.54) is 0 Å². The van der Waals surface area contributed by atoms with Crippen LogP contribution in [-0.4, -0.2) is 22.4 Å². The van der Waals surface area contributed by atoms with Crippen molar-refractivity contribution in [1.82, 2.24) is 15.3 Å². The smallest absolute Gasteiger partial charge is 0.287 e. The first kappa shape index (κ1) is 16.5. The Bertz CT molecular complexity index is 1050. The first-order chi connectivity index (χ1) is 12.7. The molecule has 0 unspecified atom stereocenters. The summed E-state index contributed by atoms with van der Waals surface area (Å²) in [5.74, 6) is 0.131. The van der Waals surface area contributed by atoms with E-state index in [0.29, 0.717) is 18.7 Å². The van der Waals surface area contributed by atoms with E-state index in [2.05, 4.69) is 15.3 Å². The van der Waals surface area contributed by atoms with Crippen molar-refractivity contribution < 1.29 is 9.21 Å². The van der Waals surface area contributed by atoms with Crippen LogP contribution in [0.2, 0.25) is 0 Å². The Kier molecular flexibility index (Phi) is 4.50. The van der Waals surface area contributed by atoms with E-state index in [9.17, 15) is 4.79 Å². The quantitative estimate of drug-likeness (QED) is 0.576. The summed E-state index contributed by atoms with van der Waals surface area (Å²) in [6.07, 6.45) is 4.19. The fourth-order valence-electron chi connectivity index (χ4n) is 2.73. The number of nitrogens with zero attached hydrogens (tertiary/aromatic N) is 2. The van der Waals surface area contributed by atoms with Gasteiger partial charge in [-0.25, -0.2) is 4.98 Å². The first-order valence-electron chi connectivity index (χ1n) is 8.32. The summed E-state index contributed by atoms with van der Waals surface area (Å²) in [6.45, 7) is 2.53. The van der Waals surface area contributed by atoms with Crippen molar-refractivity contribution in [3.05, 3.63) is 70.5 Å². The van der Waals surface area contributed by atoms with Gasteiger partial charge in [0.2, 0.25) is 0 Å². The Morgan fingerprint density at radius 1 is 1.19 bits per heavy atom. The first-order valence-corrected chi connectivity index (χ1v) is 9.20. The predicted octanol–water partition coefficient (Wildman–Crippen LogP) is 4.23. The highest BCUT2D eigenvalue weighted by molar-refractivity contribution is 7.09. The number of hydrogen-bond donors (Lipinski definition) is 1. The van der Waals surface area contributed by atoms with Gasteiger partial charge in [-0.2, -0.15) is 0 Å². The summed E-state index contributed by atoms with van der Waals surface area (Å²) in [5.41, 5.74) is 3.84. The maximum atomic E-state index is 12.3. The van der Waals surface area contributed by atoms with Crippen LogP contribution in [0.4, 0.5) is 0 Å². The third-order valence-corrected chi connectivity index (χ3v) is 4.96. The van der Waals surface area contributed by atoms with Gasteiger partial charge in [0.1, 0.15) is 5.58 Å². The van der Waals surface area contributed by atoms with E-state index in [1.54, 1.807) is 29.8 Å². The summed E-state index contributed by atoms with van der Waals surface area (Å²) >= 11 is 1.59. The lowest BCUT2D eigenvalue weighted by molar-refractivity contribution is 0.0928. The van der Waals surface area contributed by atoms with Crippen LogP contribution in [0, 0.1) is 6.92 Å². The fourth-order valence-corrected chi connectivity index (χ4v) is 3.53. The summed E-state index contributed by atoms with van der Waals surface area (Å²) in [7, 11) is 0. The number of fused-ring (bicyclic) bond motifs is 1. The lowest BCUT2D eigenvalue weighted by Gasteiger charge is -2.01. The minimum absolute atomic E-state index is 0.204. The fraction of sp³-hybridized carbons (Fsp3) is 0.150. The number of rotatable bonds is 5. The van der Waals surface area contributed by atoms with Gasteiger partial charge in [0, 0.05) is 41.7 Å². The number of aromatic nitrogens is 2. The molecule has 130 valence electrons. The van der Waals surface area contributed by atoms with Crippen molar-refractivity contribution in [2.45, 2.75) is 13.3 Å². The number of aryl methyl sites for hydroxylation is 1. The van der Waals surface area contributed by atoms with Crippen LogP contribution < -0.4 is 5.32 Å². The Labute approximate surface area is 154 Å². The van der Waals surface area contributed by atoms with Crippen LogP contribution in [-0.2, 0) is 6.42 Å². The van der Waals surface area contributed by atoms with E-state index in [0.717, 1.165) is 32.8 Å². The number of carbonyl (C=O) groups is 1. The third kappa shape index (κ3) is 3.50. The SMILES string of the molecule is Cc1ccc2oc(C(=O)NCCc3nc(-c4ccncc4)cs3)cc2c1. The Balaban J connectivity index is 1.37. The molecule has 1 aromatic carbocycles. The monoisotopic (exact) mass is 363 g/mol. The van der Waals surface area contributed by atoms with Crippen LogP contribution in [0.1, 0.15) is 21.1 Å². The number of pyridine rings is 1. The van der Waals surface area contributed by atoms with E-state index in [4.69, 9.17) is 4.42 Å². The molecule has 0 aliphatic carbocycles. The molecule has 3 aromatic heterocycles. The van der Waals surface area contributed by atoms with Crippen molar-refractivity contribution in [2.75, 3.05) is 6.54 Å². The molecule has 0 radical (unpaired) electrons. The molecule has 1 amide bonds. The van der Waals surface area contributed by atoms with Gasteiger partial charge in [-0.1, -0.05) is 11.6 Å². The second-order valence-electron chi connectivity index (χ2n) is 6.02. The number of hydrogen-bond acceptors (Lipinski definition) is 5. The van der Waals surface area contributed by atoms with Gasteiger partial charge in [0.15, 0.2) is 5.76 Å². The van der Waals surface area contributed by atoms with Gasteiger partial charge in [0.25, 0.3) is 5.91 Å². The minimum atomic E-state index is -0.204. The van der Waals surface area contributed by atoms with Crippen molar-refractivity contribution in [2.24, 2.45) is 0 Å². The third-order valence-electron chi connectivity index (χ3n) is 4.05. The topological polar surface area (TPSA) is 68.0 Å². The maximum Gasteiger partial charge on any atom is 0.287 e. The highest BCUT2D eigenvalue weighted by Crippen LogP contribution is 2.22. The average Bonchev–Trinajstić information content (AvgIpc) is 3.29. The van der Waals surface area contributed by atoms with Gasteiger partial charge < -0.3 is 9.73 Å². The lowest BCUT2D eigenvalue weighted by Crippen LogP contribution is -2.25. The van der Waals surface area contributed by atoms with Crippen molar-refractivity contribution in [3.8, 4) is 11.3 Å². The molecule has 0 saturated heterocycles. The zero-order valence-electron chi connectivity index (χ0n) is 14.2. The zero-order chi connectivity index (χ0) is 17.9. The molecular formula is C20H17N3O2S. The Morgan fingerprint density at radius 3 is 2.88 bits per heavy atom. The number of amides is 1. The van der Waals surface area contributed by atoms with Crippen molar-refractivity contribution in [1.29, 1.82) is 0 Å². The molecule has 0 atom stereocenters. The van der Waals surface area contributed by atoms with Gasteiger partial charge in [-0.15, -0.1) is 11.3 Å². The molecule has 6 heteroatoms. The van der Waals surface area contributed by atoms with Crippen LogP contribution in [0.5, 0.6) is 0 Å². The normalized spacial score (nSPS) is 11.0. The zero-order valence-corrected chi connectivity index (χ0v) is 15.0. The predicted molar refractivity (Wildman–Crippen MR) is 102 cm³/mol. The molecule has 5 nitrogen and oxygen atoms in total. The summed E-state index contributed by atoms with van der Waals surface area (Å²) in [5, 5.41) is 6.84. The Morgan fingerprint density at radius 2 is 2.04 bits per heavy atom. The van der Waals surface area contributed by atoms with E-state index in [-0.39, 0.29) is 5.91 Å². The number of benzene rings is 1. The molecule has 0 saturated carbocycles. The van der Waals surface area contributed by atoms with Crippen LogP contribution in [0.3, 0.4) is 0 Å². The molecule has 0 aliphatic rings.